The lowest BCUT2D eigenvalue weighted by Crippen LogP contribution is -2.46. The van der Waals surface area contributed by atoms with E-state index < -0.39 is 18.1 Å². The fourth-order valence-electron chi connectivity index (χ4n) is 3.58. The van der Waals surface area contributed by atoms with Gasteiger partial charge in [-0.1, -0.05) is 44.2 Å². The molecule has 7 nitrogen and oxygen atoms in total. The summed E-state index contributed by atoms with van der Waals surface area (Å²) in [5.41, 5.74) is 3.56. The molecule has 0 spiro atoms. The van der Waals surface area contributed by atoms with Gasteiger partial charge in [0.25, 0.3) is 0 Å². The van der Waals surface area contributed by atoms with Crippen molar-refractivity contribution in [3.63, 3.8) is 0 Å². The van der Waals surface area contributed by atoms with Crippen molar-refractivity contribution in [3.8, 4) is 5.75 Å². The topological polar surface area (TPSA) is 93.3 Å². The van der Waals surface area contributed by atoms with Crippen molar-refractivity contribution in [1.82, 2.24) is 15.3 Å². The standard InChI is InChI=1S/C25H25N3O4/c1-15(2)22(28-25(30)31-14-17-7-5-4-6-8-17)24(29)32-18-9-10-19-20-11-12-26-16(3)23(20)27-21(19)13-18/h4-13,15,22,27H,14H2,1-3H3,(H,28,30)/t22-/m0/s1. The summed E-state index contributed by atoms with van der Waals surface area (Å²) in [6, 6.07) is 15.9. The molecular weight excluding hydrogens is 406 g/mol. The Bertz CT molecular complexity index is 1260. The third-order valence-electron chi connectivity index (χ3n) is 5.31. The van der Waals surface area contributed by atoms with E-state index in [2.05, 4.69) is 15.3 Å². The molecule has 0 aliphatic rings. The molecule has 0 aliphatic carbocycles. The highest BCUT2D eigenvalue weighted by Crippen LogP contribution is 2.29. The van der Waals surface area contributed by atoms with Crippen LogP contribution in [0.15, 0.2) is 60.8 Å². The van der Waals surface area contributed by atoms with Gasteiger partial charge in [-0.05, 0) is 36.6 Å². The second kappa shape index (κ2) is 9.09. The van der Waals surface area contributed by atoms with Crippen LogP contribution >= 0.6 is 0 Å². The molecule has 0 aliphatic heterocycles. The van der Waals surface area contributed by atoms with Crippen LogP contribution in [0.5, 0.6) is 5.75 Å². The number of hydrogen-bond donors (Lipinski definition) is 2. The third kappa shape index (κ3) is 4.56. The molecule has 2 aromatic heterocycles. The van der Waals surface area contributed by atoms with Gasteiger partial charge in [-0.3, -0.25) is 4.98 Å². The molecule has 32 heavy (non-hydrogen) atoms. The number of fused-ring (bicyclic) bond motifs is 3. The quantitative estimate of drug-likeness (QED) is 0.335. The number of nitrogens with zero attached hydrogens (tertiary/aromatic N) is 1. The number of aromatic nitrogens is 2. The summed E-state index contributed by atoms with van der Waals surface area (Å²) < 4.78 is 10.8. The van der Waals surface area contributed by atoms with Crippen LogP contribution in [0.25, 0.3) is 21.8 Å². The number of carbonyl (C=O) groups excluding carboxylic acids is 2. The summed E-state index contributed by atoms with van der Waals surface area (Å²) >= 11 is 0. The van der Waals surface area contributed by atoms with Gasteiger partial charge in [0.1, 0.15) is 18.4 Å². The first-order valence-corrected chi connectivity index (χ1v) is 10.5. The SMILES string of the molecule is Cc1nccc2c1[nH]c1cc(OC(=O)[C@@H](NC(=O)OCc3ccccc3)C(C)C)ccc12. The van der Waals surface area contributed by atoms with Gasteiger partial charge >= 0.3 is 12.1 Å². The van der Waals surface area contributed by atoms with E-state index in [1.807, 2.05) is 63.2 Å². The van der Waals surface area contributed by atoms with E-state index in [4.69, 9.17) is 9.47 Å². The van der Waals surface area contributed by atoms with Gasteiger partial charge in [-0.2, -0.15) is 0 Å². The second-order valence-electron chi connectivity index (χ2n) is 8.00. The number of alkyl carbamates (subject to hydrolysis) is 1. The van der Waals surface area contributed by atoms with E-state index in [0.29, 0.717) is 5.75 Å². The molecule has 2 heterocycles. The molecule has 7 heteroatoms. The molecule has 0 radical (unpaired) electrons. The molecule has 4 aromatic rings. The van der Waals surface area contributed by atoms with Crippen molar-refractivity contribution in [1.29, 1.82) is 0 Å². The van der Waals surface area contributed by atoms with E-state index in [0.717, 1.165) is 33.1 Å². The number of carbonyl (C=O) groups is 2. The van der Waals surface area contributed by atoms with Crippen LogP contribution in [-0.2, 0) is 16.1 Å². The van der Waals surface area contributed by atoms with Crippen molar-refractivity contribution in [3.05, 3.63) is 72.1 Å². The fourth-order valence-corrected chi connectivity index (χ4v) is 3.58. The van der Waals surface area contributed by atoms with Gasteiger partial charge in [0, 0.05) is 23.0 Å². The smallest absolute Gasteiger partial charge is 0.408 e. The largest absolute Gasteiger partial charge is 0.445 e. The Balaban J connectivity index is 1.45. The molecule has 1 atom stereocenters. The monoisotopic (exact) mass is 431 g/mol. The first-order valence-electron chi connectivity index (χ1n) is 10.5. The maximum Gasteiger partial charge on any atom is 0.408 e. The average Bonchev–Trinajstić information content (AvgIpc) is 3.15. The zero-order chi connectivity index (χ0) is 22.7. The Labute approximate surface area is 185 Å². The van der Waals surface area contributed by atoms with E-state index in [9.17, 15) is 9.59 Å². The highest BCUT2D eigenvalue weighted by atomic mass is 16.6. The number of H-pyrrole nitrogens is 1. The molecule has 0 saturated carbocycles. The summed E-state index contributed by atoms with van der Waals surface area (Å²) in [6.45, 7) is 5.73. The fraction of sp³-hybridized carbons (Fsp3) is 0.240. The summed E-state index contributed by atoms with van der Waals surface area (Å²) in [5, 5.41) is 4.71. The minimum atomic E-state index is -0.844. The summed E-state index contributed by atoms with van der Waals surface area (Å²) in [4.78, 5) is 32.7. The summed E-state index contributed by atoms with van der Waals surface area (Å²) in [7, 11) is 0. The Morgan fingerprint density at radius 1 is 1.06 bits per heavy atom. The molecule has 2 aromatic carbocycles. The van der Waals surface area contributed by atoms with Crippen molar-refractivity contribution < 1.29 is 19.1 Å². The van der Waals surface area contributed by atoms with Crippen molar-refractivity contribution in [2.45, 2.75) is 33.4 Å². The average molecular weight is 431 g/mol. The Morgan fingerprint density at radius 3 is 2.59 bits per heavy atom. The maximum atomic E-state index is 12.8. The molecular formula is C25H25N3O4. The van der Waals surface area contributed by atoms with Gasteiger partial charge in [0.15, 0.2) is 0 Å². The normalized spacial score (nSPS) is 12.1. The summed E-state index contributed by atoms with van der Waals surface area (Å²) in [6.07, 6.45) is 1.10. The minimum Gasteiger partial charge on any atom is -0.445 e. The van der Waals surface area contributed by atoms with Crippen molar-refractivity contribution >= 4 is 33.9 Å². The van der Waals surface area contributed by atoms with Crippen LogP contribution in [0.2, 0.25) is 0 Å². The third-order valence-corrected chi connectivity index (χ3v) is 5.31. The highest BCUT2D eigenvalue weighted by Gasteiger charge is 2.27. The van der Waals surface area contributed by atoms with E-state index >= 15 is 0 Å². The molecule has 0 unspecified atom stereocenters. The highest BCUT2D eigenvalue weighted by molar-refractivity contribution is 6.08. The van der Waals surface area contributed by atoms with E-state index in [-0.39, 0.29) is 12.5 Å². The molecule has 4 rings (SSSR count). The van der Waals surface area contributed by atoms with E-state index in [1.165, 1.54) is 0 Å². The molecule has 2 N–H and O–H groups in total. The minimum absolute atomic E-state index is 0.123. The zero-order valence-electron chi connectivity index (χ0n) is 18.2. The summed E-state index contributed by atoms with van der Waals surface area (Å²) in [5.74, 6) is -0.341. The molecule has 0 saturated heterocycles. The van der Waals surface area contributed by atoms with Crippen LogP contribution in [0.1, 0.15) is 25.1 Å². The molecule has 1 amide bonds. The van der Waals surface area contributed by atoms with Crippen molar-refractivity contribution in [2.75, 3.05) is 0 Å². The first-order chi connectivity index (χ1) is 15.4. The molecule has 0 fully saturated rings. The molecule has 164 valence electrons. The number of aromatic amines is 1. The lowest BCUT2D eigenvalue weighted by Gasteiger charge is -2.20. The van der Waals surface area contributed by atoms with Crippen LogP contribution < -0.4 is 10.1 Å². The van der Waals surface area contributed by atoms with Gasteiger partial charge < -0.3 is 19.8 Å². The first kappa shape index (κ1) is 21.4. The lowest BCUT2D eigenvalue weighted by atomic mass is 10.1. The Kier molecular flexibility index (Phi) is 6.07. The number of hydrogen-bond acceptors (Lipinski definition) is 5. The van der Waals surface area contributed by atoms with Crippen molar-refractivity contribution in [2.24, 2.45) is 5.92 Å². The Hall–Kier alpha value is -3.87. The van der Waals surface area contributed by atoms with Crippen LogP contribution in [0.3, 0.4) is 0 Å². The molecule has 0 bridgehead atoms. The van der Waals surface area contributed by atoms with E-state index in [1.54, 1.807) is 18.3 Å². The Morgan fingerprint density at radius 2 is 1.84 bits per heavy atom. The van der Waals surface area contributed by atoms with Crippen LogP contribution in [-0.4, -0.2) is 28.1 Å². The predicted molar refractivity (Wildman–Crippen MR) is 122 cm³/mol. The number of esters is 1. The number of pyridine rings is 1. The number of aryl methyl sites for hydroxylation is 1. The number of amides is 1. The number of benzene rings is 2. The van der Waals surface area contributed by atoms with Gasteiger partial charge in [-0.15, -0.1) is 0 Å². The second-order valence-corrected chi connectivity index (χ2v) is 8.00. The number of rotatable bonds is 6. The lowest BCUT2D eigenvalue weighted by molar-refractivity contribution is -0.137. The maximum absolute atomic E-state index is 12.8. The van der Waals surface area contributed by atoms with Gasteiger partial charge in [0.2, 0.25) is 0 Å². The number of nitrogens with one attached hydrogen (secondary N) is 2. The predicted octanol–water partition coefficient (Wildman–Crippen LogP) is 4.88. The zero-order valence-corrected chi connectivity index (χ0v) is 18.2. The van der Waals surface area contributed by atoms with Gasteiger partial charge in [0.05, 0.1) is 16.7 Å². The van der Waals surface area contributed by atoms with Gasteiger partial charge in [-0.25, -0.2) is 9.59 Å². The number of ether oxygens (including phenoxy) is 2. The van der Waals surface area contributed by atoms with Crippen LogP contribution in [0.4, 0.5) is 4.79 Å². The van der Waals surface area contributed by atoms with Crippen LogP contribution in [0, 0.1) is 12.8 Å².